The van der Waals surface area contributed by atoms with E-state index in [-0.39, 0.29) is 5.91 Å². The number of carbonyl (C=O) groups excluding carboxylic acids is 1. The zero-order valence-corrected chi connectivity index (χ0v) is 16.2. The molecular formula is C19H27N5OS. The fourth-order valence-electron chi connectivity index (χ4n) is 3.25. The van der Waals surface area contributed by atoms with E-state index in [1.807, 2.05) is 17.0 Å². The van der Waals surface area contributed by atoms with Gasteiger partial charge in [-0.1, -0.05) is 37.9 Å². The Hall–Kier alpha value is -1.89. The number of hydrogen-bond acceptors (Lipinski definition) is 5. The van der Waals surface area contributed by atoms with Gasteiger partial charge < -0.3 is 9.47 Å². The molecule has 140 valence electrons. The molecule has 2 aromatic heterocycles. The highest BCUT2D eigenvalue weighted by Gasteiger charge is 2.18. The normalized spacial score (nSPS) is 15.5. The molecule has 2 aromatic rings. The second kappa shape index (κ2) is 9.71. The first-order valence-electron chi connectivity index (χ1n) is 9.53. The third-order valence-electron chi connectivity index (χ3n) is 4.64. The minimum absolute atomic E-state index is 0.216. The Balaban J connectivity index is 1.67. The number of hydrogen-bond donors (Lipinski definition) is 0. The lowest BCUT2D eigenvalue weighted by Gasteiger charge is -2.24. The van der Waals surface area contributed by atoms with E-state index in [2.05, 4.69) is 26.7 Å². The summed E-state index contributed by atoms with van der Waals surface area (Å²) < 4.78 is 2.11. The fraction of sp³-hybridized carbons (Fsp3) is 0.579. The van der Waals surface area contributed by atoms with Crippen molar-refractivity contribution in [3.8, 4) is 11.4 Å². The van der Waals surface area contributed by atoms with Crippen LogP contribution in [-0.2, 0) is 11.3 Å². The predicted octanol–water partition coefficient (Wildman–Crippen LogP) is 3.63. The molecule has 0 saturated carbocycles. The molecule has 1 aliphatic heterocycles. The van der Waals surface area contributed by atoms with Gasteiger partial charge in [0, 0.05) is 37.6 Å². The lowest BCUT2D eigenvalue weighted by molar-refractivity contribution is -0.128. The monoisotopic (exact) mass is 373 g/mol. The molecule has 0 unspecified atom stereocenters. The number of carbonyl (C=O) groups is 1. The fourth-order valence-corrected chi connectivity index (χ4v) is 4.12. The van der Waals surface area contributed by atoms with Gasteiger partial charge in [-0.15, -0.1) is 10.2 Å². The van der Waals surface area contributed by atoms with Crippen molar-refractivity contribution in [2.45, 2.75) is 57.1 Å². The van der Waals surface area contributed by atoms with Gasteiger partial charge in [-0.25, -0.2) is 0 Å². The molecule has 1 saturated heterocycles. The summed E-state index contributed by atoms with van der Waals surface area (Å²) in [5.74, 6) is 1.49. The highest BCUT2D eigenvalue weighted by Crippen LogP contribution is 2.24. The quantitative estimate of drug-likeness (QED) is 0.724. The molecule has 0 N–H and O–H groups in total. The summed E-state index contributed by atoms with van der Waals surface area (Å²) in [6.45, 7) is 4.76. The molecular weight excluding hydrogens is 346 g/mol. The molecule has 26 heavy (non-hydrogen) atoms. The Bertz CT molecular complexity index is 695. The molecule has 0 bridgehead atoms. The number of amides is 1. The van der Waals surface area contributed by atoms with E-state index in [1.165, 1.54) is 31.0 Å². The summed E-state index contributed by atoms with van der Waals surface area (Å²) >= 11 is 1.50. The molecule has 0 radical (unpaired) electrons. The van der Waals surface area contributed by atoms with Crippen LogP contribution in [0.25, 0.3) is 11.4 Å². The highest BCUT2D eigenvalue weighted by molar-refractivity contribution is 7.99. The van der Waals surface area contributed by atoms with Crippen molar-refractivity contribution >= 4 is 17.7 Å². The van der Waals surface area contributed by atoms with Crippen LogP contribution >= 0.6 is 11.8 Å². The second-order valence-corrected chi connectivity index (χ2v) is 7.57. The highest BCUT2D eigenvalue weighted by atomic mass is 32.2. The van der Waals surface area contributed by atoms with Crippen LogP contribution in [-0.4, -0.2) is 49.4 Å². The molecule has 1 fully saturated rings. The molecule has 1 amide bonds. The molecule has 0 aromatic carbocycles. The van der Waals surface area contributed by atoms with Gasteiger partial charge in [0.1, 0.15) is 0 Å². The maximum atomic E-state index is 12.6. The van der Waals surface area contributed by atoms with Crippen molar-refractivity contribution in [3.05, 3.63) is 24.5 Å². The van der Waals surface area contributed by atoms with Crippen LogP contribution in [0.15, 0.2) is 29.7 Å². The van der Waals surface area contributed by atoms with Crippen molar-refractivity contribution in [2.75, 3.05) is 18.8 Å². The van der Waals surface area contributed by atoms with Crippen LogP contribution < -0.4 is 0 Å². The molecule has 0 atom stereocenters. The smallest absolute Gasteiger partial charge is 0.233 e. The summed E-state index contributed by atoms with van der Waals surface area (Å²) in [7, 11) is 0. The Morgan fingerprint density at radius 2 is 1.77 bits per heavy atom. The average molecular weight is 374 g/mol. The van der Waals surface area contributed by atoms with Gasteiger partial charge in [0.05, 0.1) is 5.75 Å². The van der Waals surface area contributed by atoms with Gasteiger partial charge in [-0.2, -0.15) is 0 Å². The first kappa shape index (κ1) is 18.9. The SMILES string of the molecule is CCCn1c(SCC(=O)N2CCCCCCC2)nnc1-c1ccncc1. The van der Waals surface area contributed by atoms with Crippen LogP contribution in [0, 0.1) is 0 Å². The third kappa shape index (κ3) is 4.84. The Morgan fingerprint density at radius 3 is 2.46 bits per heavy atom. The number of likely N-dealkylation sites (tertiary alicyclic amines) is 1. The predicted molar refractivity (Wildman–Crippen MR) is 104 cm³/mol. The first-order valence-corrected chi connectivity index (χ1v) is 10.5. The van der Waals surface area contributed by atoms with E-state index in [4.69, 9.17) is 0 Å². The number of pyridine rings is 1. The van der Waals surface area contributed by atoms with Crippen molar-refractivity contribution in [1.82, 2.24) is 24.6 Å². The molecule has 6 nitrogen and oxygen atoms in total. The summed E-state index contributed by atoms with van der Waals surface area (Å²) in [6, 6.07) is 3.88. The van der Waals surface area contributed by atoms with Gasteiger partial charge in [0.2, 0.25) is 5.91 Å². The van der Waals surface area contributed by atoms with Gasteiger partial charge in [-0.05, 0) is 31.4 Å². The third-order valence-corrected chi connectivity index (χ3v) is 5.59. The van der Waals surface area contributed by atoms with E-state index in [9.17, 15) is 4.79 Å². The molecule has 0 aliphatic carbocycles. The first-order chi connectivity index (χ1) is 12.8. The zero-order valence-electron chi connectivity index (χ0n) is 15.4. The van der Waals surface area contributed by atoms with Gasteiger partial charge >= 0.3 is 0 Å². The lowest BCUT2D eigenvalue weighted by atomic mass is 10.1. The maximum absolute atomic E-state index is 12.6. The molecule has 1 aliphatic rings. The molecule has 3 rings (SSSR count). The van der Waals surface area contributed by atoms with Crippen molar-refractivity contribution in [1.29, 1.82) is 0 Å². The Morgan fingerprint density at radius 1 is 1.08 bits per heavy atom. The second-order valence-electron chi connectivity index (χ2n) is 6.63. The molecule has 0 spiro atoms. The summed E-state index contributed by atoms with van der Waals surface area (Å²) in [5, 5.41) is 9.53. The minimum Gasteiger partial charge on any atom is -0.342 e. The summed E-state index contributed by atoms with van der Waals surface area (Å²) in [5.41, 5.74) is 1.00. The summed E-state index contributed by atoms with van der Waals surface area (Å²) in [6.07, 6.45) is 10.5. The van der Waals surface area contributed by atoms with Crippen LogP contribution in [0.3, 0.4) is 0 Å². The topological polar surface area (TPSA) is 63.9 Å². The molecule has 3 heterocycles. The zero-order chi connectivity index (χ0) is 18.2. The van der Waals surface area contributed by atoms with Crippen LogP contribution in [0.2, 0.25) is 0 Å². The number of aromatic nitrogens is 4. The minimum atomic E-state index is 0.216. The van der Waals surface area contributed by atoms with Crippen molar-refractivity contribution < 1.29 is 4.79 Å². The molecule has 7 heteroatoms. The van der Waals surface area contributed by atoms with Crippen molar-refractivity contribution in [2.24, 2.45) is 0 Å². The van der Waals surface area contributed by atoms with E-state index in [0.29, 0.717) is 5.75 Å². The summed E-state index contributed by atoms with van der Waals surface area (Å²) in [4.78, 5) is 18.7. The van der Waals surface area contributed by atoms with E-state index in [0.717, 1.165) is 55.4 Å². The van der Waals surface area contributed by atoms with E-state index in [1.54, 1.807) is 12.4 Å². The number of thioether (sulfide) groups is 1. The van der Waals surface area contributed by atoms with Gasteiger partial charge in [-0.3, -0.25) is 9.78 Å². The van der Waals surface area contributed by atoms with Crippen LogP contribution in [0.4, 0.5) is 0 Å². The van der Waals surface area contributed by atoms with Crippen molar-refractivity contribution in [3.63, 3.8) is 0 Å². The largest absolute Gasteiger partial charge is 0.342 e. The average Bonchev–Trinajstić information content (AvgIpc) is 3.03. The van der Waals surface area contributed by atoms with E-state index < -0.39 is 0 Å². The van der Waals surface area contributed by atoms with Crippen LogP contribution in [0.1, 0.15) is 45.4 Å². The van der Waals surface area contributed by atoms with E-state index >= 15 is 0 Å². The van der Waals surface area contributed by atoms with Crippen LogP contribution in [0.5, 0.6) is 0 Å². The maximum Gasteiger partial charge on any atom is 0.233 e. The number of nitrogens with zero attached hydrogens (tertiary/aromatic N) is 5. The number of rotatable bonds is 6. The standard InChI is InChI=1S/C19H27N5OS/c1-2-12-24-18(16-8-10-20-11-9-16)21-22-19(24)26-15-17(25)23-13-6-4-3-5-7-14-23/h8-11H,2-7,12-15H2,1H3. The Labute approximate surface area is 159 Å². The van der Waals surface area contributed by atoms with Gasteiger partial charge in [0.15, 0.2) is 11.0 Å². The lowest BCUT2D eigenvalue weighted by Crippen LogP contribution is -2.35. The van der Waals surface area contributed by atoms with Gasteiger partial charge in [0.25, 0.3) is 0 Å². The Kier molecular flexibility index (Phi) is 7.05.